The van der Waals surface area contributed by atoms with Gasteiger partial charge in [0.1, 0.15) is 0 Å². The van der Waals surface area contributed by atoms with Crippen LogP contribution in [-0.4, -0.2) is 24.4 Å². The minimum atomic E-state index is -0.462. The third kappa shape index (κ3) is 3.37. The Labute approximate surface area is 109 Å². The summed E-state index contributed by atoms with van der Waals surface area (Å²) in [5.74, 6) is 0. The molecule has 17 heavy (non-hydrogen) atoms. The molecule has 0 saturated carbocycles. The van der Waals surface area contributed by atoms with Crippen LogP contribution >= 0.6 is 23.1 Å². The molecule has 0 aliphatic carbocycles. The molecule has 0 spiro atoms. The second-order valence-electron chi connectivity index (χ2n) is 4.13. The largest absolute Gasteiger partial charge is 0.352 e. The summed E-state index contributed by atoms with van der Waals surface area (Å²) < 4.78 is 1.42. The topological polar surface area (TPSA) is 67.2 Å². The molecular formula is C11H17N3OS2. The first-order valence-corrected chi connectivity index (χ1v) is 7.43. The molecule has 94 valence electrons. The van der Waals surface area contributed by atoms with E-state index in [2.05, 4.69) is 29.0 Å². The van der Waals surface area contributed by atoms with E-state index in [0.29, 0.717) is 17.8 Å². The minimum absolute atomic E-state index is 0.405. The average Bonchev–Trinajstić information content (AvgIpc) is 2.71. The second-order valence-corrected chi connectivity index (χ2v) is 6.75. The fourth-order valence-electron chi connectivity index (χ4n) is 1.97. The van der Waals surface area contributed by atoms with Crippen molar-refractivity contribution in [3.8, 4) is 0 Å². The Bertz CT molecular complexity index is 394. The summed E-state index contributed by atoms with van der Waals surface area (Å²) in [5.41, 5.74) is 6.41. The number of urea groups is 1. The maximum absolute atomic E-state index is 10.5. The number of fused-ring (bicyclic) bond motifs is 1. The number of nitrogens with two attached hydrogens (primary N) is 1. The SMILES string of the molecule is C[C@H]1CC(NCCNC(N)=O)c2ccsc2S1. The first-order valence-electron chi connectivity index (χ1n) is 5.67. The molecule has 1 unspecified atom stereocenters. The van der Waals surface area contributed by atoms with Crippen molar-refractivity contribution in [1.29, 1.82) is 0 Å². The molecular weight excluding hydrogens is 254 g/mol. The van der Waals surface area contributed by atoms with Crippen molar-refractivity contribution in [3.05, 3.63) is 17.0 Å². The Morgan fingerprint density at radius 3 is 3.18 bits per heavy atom. The van der Waals surface area contributed by atoms with Gasteiger partial charge in [0.2, 0.25) is 0 Å². The molecule has 1 aromatic rings. The summed E-state index contributed by atoms with van der Waals surface area (Å²) in [6.45, 7) is 3.58. The van der Waals surface area contributed by atoms with E-state index in [1.54, 1.807) is 0 Å². The van der Waals surface area contributed by atoms with Crippen LogP contribution in [0.3, 0.4) is 0 Å². The highest BCUT2D eigenvalue weighted by molar-refractivity contribution is 8.01. The van der Waals surface area contributed by atoms with Crippen LogP contribution in [0.2, 0.25) is 0 Å². The lowest BCUT2D eigenvalue weighted by atomic mass is 10.1. The highest BCUT2D eigenvalue weighted by Gasteiger charge is 2.25. The van der Waals surface area contributed by atoms with Crippen molar-refractivity contribution < 1.29 is 4.79 Å². The Balaban J connectivity index is 1.87. The van der Waals surface area contributed by atoms with Crippen LogP contribution < -0.4 is 16.4 Å². The van der Waals surface area contributed by atoms with Crippen molar-refractivity contribution in [3.63, 3.8) is 0 Å². The zero-order valence-electron chi connectivity index (χ0n) is 9.73. The third-order valence-corrected chi connectivity index (χ3v) is 5.07. The van der Waals surface area contributed by atoms with E-state index in [1.165, 1.54) is 9.77 Å². The van der Waals surface area contributed by atoms with Crippen molar-refractivity contribution in [2.24, 2.45) is 5.73 Å². The zero-order valence-corrected chi connectivity index (χ0v) is 11.4. The second kappa shape index (κ2) is 5.75. The first kappa shape index (κ1) is 12.7. The molecule has 1 aliphatic heterocycles. The van der Waals surface area contributed by atoms with Gasteiger partial charge in [-0.1, -0.05) is 6.92 Å². The number of thiophene rings is 1. The van der Waals surface area contributed by atoms with E-state index < -0.39 is 6.03 Å². The number of hydrogen-bond donors (Lipinski definition) is 3. The van der Waals surface area contributed by atoms with Gasteiger partial charge in [0.15, 0.2) is 0 Å². The summed E-state index contributed by atoms with van der Waals surface area (Å²) in [6.07, 6.45) is 1.13. The van der Waals surface area contributed by atoms with E-state index in [9.17, 15) is 4.79 Å². The zero-order chi connectivity index (χ0) is 12.3. The van der Waals surface area contributed by atoms with E-state index in [0.717, 1.165) is 13.0 Å². The Morgan fingerprint density at radius 2 is 2.41 bits per heavy atom. The predicted molar refractivity (Wildman–Crippen MR) is 72.6 cm³/mol. The summed E-state index contributed by atoms with van der Waals surface area (Å²) in [6, 6.07) is 2.13. The van der Waals surface area contributed by atoms with Crippen LogP contribution in [0.25, 0.3) is 0 Å². The molecule has 0 fully saturated rings. The van der Waals surface area contributed by atoms with Gasteiger partial charge in [-0.25, -0.2) is 4.79 Å². The van der Waals surface area contributed by atoms with Gasteiger partial charge in [0.25, 0.3) is 0 Å². The molecule has 4 nitrogen and oxygen atoms in total. The summed E-state index contributed by atoms with van der Waals surface area (Å²) in [7, 11) is 0. The Morgan fingerprint density at radius 1 is 1.59 bits per heavy atom. The highest BCUT2D eigenvalue weighted by Crippen LogP contribution is 2.43. The average molecular weight is 271 g/mol. The molecule has 6 heteroatoms. The molecule has 2 amide bonds. The number of nitrogens with one attached hydrogen (secondary N) is 2. The van der Waals surface area contributed by atoms with Gasteiger partial charge in [0, 0.05) is 24.4 Å². The van der Waals surface area contributed by atoms with Gasteiger partial charge in [-0.15, -0.1) is 23.1 Å². The quantitative estimate of drug-likeness (QED) is 0.733. The van der Waals surface area contributed by atoms with Crippen molar-refractivity contribution in [2.75, 3.05) is 13.1 Å². The molecule has 4 N–H and O–H groups in total. The smallest absolute Gasteiger partial charge is 0.312 e. The molecule has 0 aromatic carbocycles. The van der Waals surface area contributed by atoms with Gasteiger partial charge in [-0.3, -0.25) is 0 Å². The number of rotatable bonds is 4. The number of carbonyl (C=O) groups excluding carboxylic acids is 1. The summed E-state index contributed by atoms with van der Waals surface area (Å²) >= 11 is 3.77. The molecule has 0 radical (unpaired) electrons. The van der Waals surface area contributed by atoms with E-state index in [4.69, 9.17) is 5.73 Å². The lowest BCUT2D eigenvalue weighted by Gasteiger charge is -2.27. The molecule has 1 aliphatic rings. The van der Waals surface area contributed by atoms with Gasteiger partial charge in [-0.05, 0) is 23.4 Å². The standard InChI is InChI=1S/C11H17N3OS2/c1-7-6-9(13-3-4-14-11(12)15)8-2-5-16-10(8)17-7/h2,5,7,9,13H,3-4,6H2,1H3,(H3,12,14,15)/t7-,9?/m0/s1. The van der Waals surface area contributed by atoms with Crippen LogP contribution in [0.15, 0.2) is 15.7 Å². The lowest BCUT2D eigenvalue weighted by molar-refractivity contribution is 0.248. The number of primary amides is 1. The van der Waals surface area contributed by atoms with Crippen molar-refractivity contribution in [1.82, 2.24) is 10.6 Å². The molecule has 2 heterocycles. The van der Waals surface area contributed by atoms with Gasteiger partial charge < -0.3 is 16.4 Å². The lowest BCUT2D eigenvalue weighted by Crippen LogP contribution is -2.37. The van der Waals surface area contributed by atoms with E-state index in [-0.39, 0.29) is 0 Å². The van der Waals surface area contributed by atoms with Gasteiger partial charge in [-0.2, -0.15) is 0 Å². The fourth-order valence-corrected chi connectivity index (χ4v) is 4.54. The van der Waals surface area contributed by atoms with Crippen LogP contribution in [0.4, 0.5) is 4.79 Å². The van der Waals surface area contributed by atoms with Crippen LogP contribution in [0.1, 0.15) is 24.9 Å². The number of hydrogen-bond acceptors (Lipinski definition) is 4. The maximum Gasteiger partial charge on any atom is 0.312 e. The van der Waals surface area contributed by atoms with Crippen LogP contribution in [0.5, 0.6) is 0 Å². The van der Waals surface area contributed by atoms with Crippen molar-refractivity contribution in [2.45, 2.75) is 28.8 Å². The summed E-state index contributed by atoms with van der Waals surface area (Å²) in [5, 5.41) is 8.85. The summed E-state index contributed by atoms with van der Waals surface area (Å²) in [4.78, 5) is 10.5. The molecule has 0 bridgehead atoms. The maximum atomic E-state index is 10.5. The van der Waals surface area contributed by atoms with E-state index in [1.807, 2.05) is 23.1 Å². The predicted octanol–water partition coefficient (Wildman–Crippen LogP) is 1.93. The first-order chi connectivity index (χ1) is 8.16. The number of amides is 2. The highest BCUT2D eigenvalue weighted by atomic mass is 32.2. The minimum Gasteiger partial charge on any atom is -0.352 e. The fraction of sp³-hybridized carbons (Fsp3) is 0.545. The van der Waals surface area contributed by atoms with Crippen molar-refractivity contribution >= 4 is 29.1 Å². The van der Waals surface area contributed by atoms with Crippen LogP contribution in [-0.2, 0) is 0 Å². The number of thioether (sulfide) groups is 1. The molecule has 1 aromatic heterocycles. The van der Waals surface area contributed by atoms with Gasteiger partial charge >= 0.3 is 6.03 Å². The third-order valence-electron chi connectivity index (χ3n) is 2.72. The molecule has 0 saturated heterocycles. The van der Waals surface area contributed by atoms with E-state index >= 15 is 0 Å². The molecule has 2 atom stereocenters. The molecule has 2 rings (SSSR count). The van der Waals surface area contributed by atoms with Crippen LogP contribution in [0, 0.1) is 0 Å². The normalized spacial score (nSPS) is 23.1. The Kier molecular flexibility index (Phi) is 4.31. The monoisotopic (exact) mass is 271 g/mol. The number of carbonyl (C=O) groups is 1. The van der Waals surface area contributed by atoms with Gasteiger partial charge in [0.05, 0.1) is 4.21 Å². The Hall–Kier alpha value is -0.720.